The summed E-state index contributed by atoms with van der Waals surface area (Å²) in [6.07, 6.45) is -2.71. The summed E-state index contributed by atoms with van der Waals surface area (Å²) in [4.78, 5) is 35.4. The molecule has 2 atom stereocenters. The van der Waals surface area contributed by atoms with Crippen LogP contribution in [0.4, 0.5) is 4.79 Å². The Morgan fingerprint density at radius 3 is 2.23 bits per heavy atom. The first-order chi connectivity index (χ1) is 12.2. The highest BCUT2D eigenvalue weighted by Gasteiger charge is 2.30. The van der Waals surface area contributed by atoms with Gasteiger partial charge in [-0.1, -0.05) is 44.2 Å². The van der Waals surface area contributed by atoms with Gasteiger partial charge in [-0.05, 0) is 17.9 Å². The number of carbonyl (C=O) groups is 3. The summed E-state index contributed by atoms with van der Waals surface area (Å²) in [6, 6.07) is 6.29. The van der Waals surface area contributed by atoms with E-state index >= 15 is 0 Å². The van der Waals surface area contributed by atoms with Crippen LogP contribution in [-0.4, -0.2) is 46.5 Å². The number of hydrogen-bond donors (Lipinski definition) is 5. The lowest BCUT2D eigenvalue weighted by Gasteiger charge is -2.23. The van der Waals surface area contributed by atoms with Gasteiger partial charge in [0.05, 0.1) is 0 Å². The van der Waals surface area contributed by atoms with Crippen molar-refractivity contribution in [1.82, 2.24) is 10.6 Å². The second-order valence-corrected chi connectivity index (χ2v) is 6.19. The van der Waals surface area contributed by atoms with Crippen LogP contribution < -0.4 is 16.4 Å². The number of nitrogens with one attached hydrogen (secondary N) is 2. The van der Waals surface area contributed by atoms with Crippen LogP contribution in [0.3, 0.4) is 0 Å². The topological polar surface area (TPSA) is 151 Å². The first-order valence-electron chi connectivity index (χ1n) is 8.13. The molecule has 0 saturated heterocycles. The van der Waals surface area contributed by atoms with Crippen molar-refractivity contribution in [2.24, 2.45) is 11.7 Å². The highest BCUT2D eigenvalue weighted by Crippen LogP contribution is 2.07. The second kappa shape index (κ2) is 10.4. The van der Waals surface area contributed by atoms with E-state index < -0.39 is 36.3 Å². The first kappa shape index (κ1) is 21.4. The van der Waals surface area contributed by atoms with Crippen molar-refractivity contribution in [2.45, 2.75) is 45.2 Å². The Morgan fingerprint density at radius 1 is 1.12 bits per heavy atom. The third-order valence-electron chi connectivity index (χ3n) is 3.43. The molecule has 1 aromatic carbocycles. The van der Waals surface area contributed by atoms with E-state index in [1.54, 1.807) is 24.3 Å². The highest BCUT2D eigenvalue weighted by molar-refractivity contribution is 5.90. The van der Waals surface area contributed by atoms with Gasteiger partial charge in [-0.2, -0.15) is 0 Å². The van der Waals surface area contributed by atoms with E-state index in [9.17, 15) is 14.4 Å². The number of alkyl carbamates (subject to hydrolysis) is 1. The fourth-order valence-corrected chi connectivity index (χ4v) is 2.16. The fourth-order valence-electron chi connectivity index (χ4n) is 2.16. The molecule has 0 aliphatic heterocycles. The minimum Gasteiger partial charge on any atom is -0.445 e. The monoisotopic (exact) mass is 367 g/mol. The lowest BCUT2D eigenvalue weighted by Crippen LogP contribution is -2.57. The Hall–Kier alpha value is -2.65. The average molecular weight is 367 g/mol. The Labute approximate surface area is 151 Å². The quantitative estimate of drug-likeness (QED) is 0.375. The lowest BCUT2D eigenvalue weighted by molar-refractivity contribution is -0.140. The summed E-state index contributed by atoms with van der Waals surface area (Å²) in [6.45, 7) is 3.70. The summed E-state index contributed by atoms with van der Waals surface area (Å²) in [5, 5.41) is 22.8. The molecule has 144 valence electrons. The van der Waals surface area contributed by atoms with Crippen LogP contribution in [0.25, 0.3) is 0 Å². The maximum absolute atomic E-state index is 12.3. The van der Waals surface area contributed by atoms with Crippen molar-refractivity contribution in [3.63, 3.8) is 0 Å². The van der Waals surface area contributed by atoms with Gasteiger partial charge in [-0.25, -0.2) is 4.79 Å². The molecule has 1 rings (SSSR count). The summed E-state index contributed by atoms with van der Waals surface area (Å²) in [5.41, 5.74) is 5.80. The molecular formula is C17H25N3O6. The summed E-state index contributed by atoms with van der Waals surface area (Å²) in [7, 11) is 0. The molecule has 1 aromatic rings. The van der Waals surface area contributed by atoms with Crippen molar-refractivity contribution in [2.75, 3.05) is 0 Å². The molecule has 0 saturated carbocycles. The summed E-state index contributed by atoms with van der Waals surface area (Å²) < 4.78 is 5.07. The molecule has 0 heterocycles. The van der Waals surface area contributed by atoms with Crippen LogP contribution in [0.15, 0.2) is 30.3 Å². The van der Waals surface area contributed by atoms with Crippen LogP contribution >= 0.6 is 0 Å². The van der Waals surface area contributed by atoms with E-state index in [1.807, 2.05) is 19.9 Å². The Kier molecular flexibility index (Phi) is 8.53. The molecule has 0 aromatic heterocycles. The van der Waals surface area contributed by atoms with E-state index in [4.69, 9.17) is 20.7 Å². The number of ether oxygens (including phenoxy) is 1. The summed E-state index contributed by atoms with van der Waals surface area (Å²) in [5.74, 6) is -1.85. The zero-order valence-corrected chi connectivity index (χ0v) is 14.7. The molecule has 0 bridgehead atoms. The van der Waals surface area contributed by atoms with Crippen LogP contribution in [0.5, 0.6) is 0 Å². The van der Waals surface area contributed by atoms with Crippen molar-refractivity contribution >= 4 is 17.9 Å². The maximum Gasteiger partial charge on any atom is 0.408 e. The average Bonchev–Trinajstić information content (AvgIpc) is 2.57. The van der Waals surface area contributed by atoms with Crippen molar-refractivity contribution < 1.29 is 29.3 Å². The Morgan fingerprint density at radius 2 is 1.73 bits per heavy atom. The number of rotatable bonds is 9. The van der Waals surface area contributed by atoms with Gasteiger partial charge in [-0.15, -0.1) is 0 Å². The molecule has 9 heteroatoms. The number of primary amides is 1. The molecule has 2 unspecified atom stereocenters. The largest absolute Gasteiger partial charge is 0.445 e. The predicted octanol–water partition coefficient (Wildman–Crippen LogP) is -0.392. The molecule has 0 fully saturated rings. The van der Waals surface area contributed by atoms with Crippen molar-refractivity contribution in [1.29, 1.82) is 0 Å². The molecule has 0 spiro atoms. The zero-order valence-electron chi connectivity index (χ0n) is 14.7. The van der Waals surface area contributed by atoms with Gasteiger partial charge >= 0.3 is 6.09 Å². The number of aliphatic hydroxyl groups is 2. The summed E-state index contributed by atoms with van der Waals surface area (Å²) >= 11 is 0. The molecule has 0 aliphatic rings. The third-order valence-corrected chi connectivity index (χ3v) is 3.43. The number of carbonyl (C=O) groups excluding carboxylic acids is 3. The third kappa shape index (κ3) is 7.49. The predicted molar refractivity (Wildman–Crippen MR) is 92.4 cm³/mol. The van der Waals surface area contributed by atoms with Crippen molar-refractivity contribution in [3.05, 3.63) is 35.9 Å². The van der Waals surface area contributed by atoms with Gasteiger partial charge in [0.25, 0.3) is 0 Å². The molecular weight excluding hydrogens is 342 g/mol. The smallest absolute Gasteiger partial charge is 0.408 e. The zero-order chi connectivity index (χ0) is 19.7. The number of amides is 3. The number of nitrogens with two attached hydrogens (primary N) is 1. The molecule has 26 heavy (non-hydrogen) atoms. The Bertz CT molecular complexity index is 606. The van der Waals surface area contributed by atoms with Gasteiger partial charge in [0.15, 0.2) is 12.3 Å². The molecule has 3 amide bonds. The standard InChI is InChI=1S/C17H25N3O6/c1-10(2)8-12(15(22)20-13(14(18)21)16(23)24)19-17(25)26-9-11-6-4-3-5-7-11/h3-7,10,12-13,16,23-24H,8-9H2,1-2H3,(H2,18,21)(H,19,25)(H,20,22). The fraction of sp³-hybridized carbons (Fsp3) is 0.471. The number of hydrogen-bond acceptors (Lipinski definition) is 6. The van der Waals surface area contributed by atoms with Crippen LogP contribution in [0, 0.1) is 5.92 Å². The second-order valence-electron chi connectivity index (χ2n) is 6.19. The van der Waals surface area contributed by atoms with Crippen LogP contribution in [0.1, 0.15) is 25.8 Å². The number of aliphatic hydroxyl groups excluding tert-OH is 1. The van der Waals surface area contributed by atoms with Gasteiger partial charge in [0.1, 0.15) is 12.6 Å². The van der Waals surface area contributed by atoms with Gasteiger partial charge in [0, 0.05) is 0 Å². The minimum absolute atomic E-state index is 0.0297. The SMILES string of the molecule is CC(C)CC(NC(=O)OCc1ccccc1)C(=O)NC(C(N)=O)C(O)O. The molecule has 0 aliphatic carbocycles. The van der Waals surface area contributed by atoms with Crippen LogP contribution in [-0.2, 0) is 20.9 Å². The van der Waals surface area contributed by atoms with E-state index in [-0.39, 0.29) is 18.9 Å². The van der Waals surface area contributed by atoms with Gasteiger partial charge in [-0.3, -0.25) is 9.59 Å². The number of benzene rings is 1. The minimum atomic E-state index is -2.15. The highest BCUT2D eigenvalue weighted by atomic mass is 16.5. The molecule has 9 nitrogen and oxygen atoms in total. The normalized spacial score (nSPS) is 13.2. The first-order valence-corrected chi connectivity index (χ1v) is 8.13. The van der Waals surface area contributed by atoms with E-state index in [2.05, 4.69) is 10.6 Å². The van der Waals surface area contributed by atoms with Crippen molar-refractivity contribution in [3.8, 4) is 0 Å². The van der Waals surface area contributed by atoms with Gasteiger partial charge < -0.3 is 31.3 Å². The van der Waals surface area contributed by atoms with Crippen LogP contribution in [0.2, 0.25) is 0 Å². The lowest BCUT2D eigenvalue weighted by atomic mass is 10.0. The van der Waals surface area contributed by atoms with Gasteiger partial charge in [0.2, 0.25) is 11.8 Å². The maximum atomic E-state index is 12.3. The molecule has 0 radical (unpaired) electrons. The Balaban J connectivity index is 2.68. The van der Waals surface area contributed by atoms with E-state index in [0.717, 1.165) is 5.56 Å². The van der Waals surface area contributed by atoms with E-state index in [1.165, 1.54) is 0 Å². The molecule has 6 N–H and O–H groups in total. The van der Waals surface area contributed by atoms with E-state index in [0.29, 0.717) is 0 Å².